The molecule has 2 aromatic carbocycles. The lowest BCUT2D eigenvalue weighted by Crippen LogP contribution is -2.34. The predicted molar refractivity (Wildman–Crippen MR) is 108 cm³/mol. The molecule has 2 fully saturated rings. The first-order valence-corrected chi connectivity index (χ1v) is 9.76. The van der Waals surface area contributed by atoms with E-state index in [2.05, 4.69) is 6.07 Å². The Morgan fingerprint density at radius 2 is 1.93 bits per heavy atom. The van der Waals surface area contributed by atoms with E-state index in [1.165, 1.54) is 0 Å². The Morgan fingerprint density at radius 3 is 2.64 bits per heavy atom. The van der Waals surface area contributed by atoms with Crippen molar-refractivity contribution in [3.63, 3.8) is 0 Å². The van der Waals surface area contributed by atoms with Gasteiger partial charge in [0.05, 0.1) is 13.5 Å². The Kier molecular flexibility index (Phi) is 4.84. The zero-order chi connectivity index (χ0) is 19.7. The molecule has 2 aromatic rings. The van der Waals surface area contributed by atoms with Gasteiger partial charge in [0, 0.05) is 37.2 Å². The SMILES string of the molecule is COc1ccc(CC(=O)N2CCC3(CC(=O)N(c4cccc(C)c4)C3)C2)cc1. The third-order valence-corrected chi connectivity index (χ3v) is 5.94. The van der Waals surface area contributed by atoms with Gasteiger partial charge >= 0.3 is 0 Å². The number of methoxy groups -OCH3 is 1. The van der Waals surface area contributed by atoms with Crippen LogP contribution in [0.4, 0.5) is 5.69 Å². The number of rotatable bonds is 4. The first-order valence-electron chi connectivity index (χ1n) is 9.76. The minimum absolute atomic E-state index is 0.115. The highest BCUT2D eigenvalue weighted by atomic mass is 16.5. The Morgan fingerprint density at radius 1 is 1.14 bits per heavy atom. The molecule has 146 valence electrons. The van der Waals surface area contributed by atoms with Crippen LogP contribution in [-0.4, -0.2) is 43.5 Å². The smallest absolute Gasteiger partial charge is 0.227 e. The van der Waals surface area contributed by atoms with E-state index in [4.69, 9.17) is 4.74 Å². The van der Waals surface area contributed by atoms with Crippen LogP contribution in [0.1, 0.15) is 24.0 Å². The standard InChI is InChI=1S/C23H26N2O3/c1-17-4-3-5-19(12-17)25-16-23(14-22(25)27)10-11-24(15-23)21(26)13-18-6-8-20(28-2)9-7-18/h3-9,12H,10-11,13-16H2,1-2H3. The van der Waals surface area contributed by atoms with E-state index >= 15 is 0 Å². The van der Waals surface area contributed by atoms with Crippen molar-refractivity contribution in [3.8, 4) is 5.75 Å². The number of nitrogens with zero attached hydrogens (tertiary/aromatic N) is 2. The quantitative estimate of drug-likeness (QED) is 0.821. The number of carbonyl (C=O) groups is 2. The van der Waals surface area contributed by atoms with Crippen LogP contribution in [0.15, 0.2) is 48.5 Å². The normalized spacial score (nSPS) is 21.6. The number of hydrogen-bond acceptors (Lipinski definition) is 3. The molecule has 0 aliphatic carbocycles. The molecule has 0 saturated carbocycles. The predicted octanol–water partition coefficient (Wildman–Crippen LogP) is 3.20. The maximum absolute atomic E-state index is 12.8. The molecule has 28 heavy (non-hydrogen) atoms. The second-order valence-electron chi connectivity index (χ2n) is 8.09. The third kappa shape index (κ3) is 3.61. The summed E-state index contributed by atoms with van der Waals surface area (Å²) < 4.78 is 5.17. The largest absolute Gasteiger partial charge is 0.497 e. The number of hydrogen-bond donors (Lipinski definition) is 0. The van der Waals surface area contributed by atoms with E-state index in [1.54, 1.807) is 7.11 Å². The van der Waals surface area contributed by atoms with Gasteiger partial charge in [0.2, 0.25) is 11.8 Å². The average Bonchev–Trinajstić information content (AvgIpc) is 3.25. The van der Waals surface area contributed by atoms with Crippen molar-refractivity contribution in [3.05, 3.63) is 59.7 Å². The van der Waals surface area contributed by atoms with Gasteiger partial charge in [-0.1, -0.05) is 24.3 Å². The first kappa shape index (κ1) is 18.5. The summed E-state index contributed by atoms with van der Waals surface area (Å²) in [6.07, 6.45) is 1.79. The molecule has 5 nitrogen and oxygen atoms in total. The number of benzene rings is 2. The van der Waals surface area contributed by atoms with Crippen LogP contribution in [0.25, 0.3) is 0 Å². The van der Waals surface area contributed by atoms with E-state index < -0.39 is 0 Å². The number of likely N-dealkylation sites (tertiary alicyclic amines) is 1. The fourth-order valence-electron chi connectivity index (χ4n) is 4.38. The molecule has 2 saturated heterocycles. The molecule has 2 aliphatic heterocycles. The number of anilines is 1. The van der Waals surface area contributed by atoms with Gasteiger partial charge < -0.3 is 14.5 Å². The van der Waals surface area contributed by atoms with Gasteiger partial charge in [0.1, 0.15) is 5.75 Å². The van der Waals surface area contributed by atoms with E-state index in [-0.39, 0.29) is 17.2 Å². The molecule has 0 N–H and O–H groups in total. The molecule has 2 amide bonds. The fourth-order valence-corrected chi connectivity index (χ4v) is 4.38. The van der Waals surface area contributed by atoms with Crippen LogP contribution in [-0.2, 0) is 16.0 Å². The molecule has 5 heteroatoms. The molecule has 1 unspecified atom stereocenters. The Bertz CT molecular complexity index is 893. The Balaban J connectivity index is 1.41. The Hall–Kier alpha value is -2.82. The lowest BCUT2D eigenvalue weighted by Gasteiger charge is -2.24. The van der Waals surface area contributed by atoms with Gasteiger partial charge in [-0.3, -0.25) is 9.59 Å². The zero-order valence-corrected chi connectivity index (χ0v) is 16.5. The zero-order valence-electron chi connectivity index (χ0n) is 16.5. The number of carbonyl (C=O) groups excluding carboxylic acids is 2. The van der Waals surface area contributed by atoms with Crippen LogP contribution in [0.2, 0.25) is 0 Å². The summed E-state index contributed by atoms with van der Waals surface area (Å²) >= 11 is 0. The minimum Gasteiger partial charge on any atom is -0.497 e. The van der Waals surface area contributed by atoms with Crippen molar-refractivity contribution in [2.45, 2.75) is 26.2 Å². The van der Waals surface area contributed by atoms with Crippen molar-refractivity contribution >= 4 is 17.5 Å². The second kappa shape index (κ2) is 7.30. The molecular weight excluding hydrogens is 352 g/mol. The summed E-state index contributed by atoms with van der Waals surface area (Å²) in [7, 11) is 1.63. The molecular formula is C23H26N2O3. The van der Waals surface area contributed by atoms with E-state index in [1.807, 2.05) is 59.2 Å². The van der Waals surface area contributed by atoms with Crippen molar-refractivity contribution in [2.24, 2.45) is 5.41 Å². The molecule has 1 atom stereocenters. The number of aryl methyl sites for hydroxylation is 1. The monoisotopic (exact) mass is 378 g/mol. The molecule has 1 spiro atoms. The van der Waals surface area contributed by atoms with Gasteiger partial charge in [0.25, 0.3) is 0 Å². The average molecular weight is 378 g/mol. The summed E-state index contributed by atoms with van der Waals surface area (Å²) in [5.41, 5.74) is 2.98. The van der Waals surface area contributed by atoms with Crippen molar-refractivity contribution in [1.82, 2.24) is 4.90 Å². The van der Waals surface area contributed by atoms with Gasteiger partial charge in [0.15, 0.2) is 0 Å². The van der Waals surface area contributed by atoms with E-state index in [0.717, 1.165) is 35.5 Å². The van der Waals surface area contributed by atoms with Crippen LogP contribution < -0.4 is 9.64 Å². The van der Waals surface area contributed by atoms with Crippen molar-refractivity contribution in [1.29, 1.82) is 0 Å². The van der Waals surface area contributed by atoms with Gasteiger partial charge in [-0.25, -0.2) is 0 Å². The highest BCUT2D eigenvalue weighted by Crippen LogP contribution is 2.42. The van der Waals surface area contributed by atoms with Gasteiger partial charge in [-0.05, 0) is 48.7 Å². The van der Waals surface area contributed by atoms with Crippen LogP contribution in [0, 0.1) is 12.3 Å². The fraction of sp³-hybridized carbons (Fsp3) is 0.391. The molecule has 4 rings (SSSR count). The summed E-state index contributed by atoms with van der Waals surface area (Å²) in [5, 5.41) is 0. The van der Waals surface area contributed by atoms with E-state index in [0.29, 0.717) is 25.9 Å². The maximum atomic E-state index is 12.8. The summed E-state index contributed by atoms with van der Waals surface area (Å²) in [4.78, 5) is 29.3. The molecule has 2 aliphatic rings. The highest BCUT2D eigenvalue weighted by molar-refractivity contribution is 5.96. The van der Waals surface area contributed by atoms with Crippen LogP contribution >= 0.6 is 0 Å². The summed E-state index contributed by atoms with van der Waals surface area (Å²) in [6, 6.07) is 15.7. The molecule has 0 bridgehead atoms. The highest BCUT2D eigenvalue weighted by Gasteiger charge is 2.48. The van der Waals surface area contributed by atoms with E-state index in [9.17, 15) is 9.59 Å². The lowest BCUT2D eigenvalue weighted by atomic mass is 9.86. The molecule has 0 aromatic heterocycles. The topological polar surface area (TPSA) is 49.9 Å². The third-order valence-electron chi connectivity index (χ3n) is 5.94. The summed E-state index contributed by atoms with van der Waals surface area (Å²) in [5.74, 6) is 1.08. The van der Waals surface area contributed by atoms with Crippen molar-refractivity contribution in [2.75, 3.05) is 31.6 Å². The molecule has 0 radical (unpaired) electrons. The van der Waals surface area contributed by atoms with Crippen molar-refractivity contribution < 1.29 is 14.3 Å². The maximum Gasteiger partial charge on any atom is 0.227 e. The minimum atomic E-state index is -0.115. The second-order valence-corrected chi connectivity index (χ2v) is 8.09. The first-order chi connectivity index (χ1) is 13.5. The van der Waals surface area contributed by atoms with Crippen LogP contribution in [0.3, 0.4) is 0 Å². The lowest BCUT2D eigenvalue weighted by molar-refractivity contribution is -0.130. The molecule has 2 heterocycles. The van der Waals surface area contributed by atoms with Gasteiger partial charge in [-0.15, -0.1) is 0 Å². The van der Waals surface area contributed by atoms with Gasteiger partial charge in [-0.2, -0.15) is 0 Å². The number of amides is 2. The number of ether oxygens (including phenoxy) is 1. The summed E-state index contributed by atoms with van der Waals surface area (Å²) in [6.45, 7) is 4.12. The van der Waals surface area contributed by atoms with Crippen LogP contribution in [0.5, 0.6) is 5.75 Å². The Labute approximate surface area is 165 Å².